The molecule has 1 aliphatic heterocycles. The van der Waals surface area contributed by atoms with E-state index in [1.54, 1.807) is 31.3 Å². The van der Waals surface area contributed by atoms with Gasteiger partial charge in [0, 0.05) is 13.1 Å². The second-order valence-electron chi connectivity index (χ2n) is 5.78. The zero-order valence-corrected chi connectivity index (χ0v) is 15.3. The van der Waals surface area contributed by atoms with Gasteiger partial charge in [-0.2, -0.15) is 0 Å². The second-order valence-corrected chi connectivity index (χ2v) is 6.18. The zero-order chi connectivity index (χ0) is 19.4. The van der Waals surface area contributed by atoms with Crippen LogP contribution in [0.1, 0.15) is 10.4 Å². The van der Waals surface area contributed by atoms with E-state index in [4.69, 9.17) is 25.8 Å². The summed E-state index contributed by atoms with van der Waals surface area (Å²) in [7, 11) is 1.54. The Morgan fingerprint density at radius 1 is 1.26 bits per heavy atom. The molecular weight excluding hydrogens is 376 g/mol. The summed E-state index contributed by atoms with van der Waals surface area (Å²) >= 11 is 6.01. The molecule has 0 fully saturated rings. The highest BCUT2D eigenvalue weighted by Gasteiger charge is 2.28. The number of rotatable bonds is 6. The lowest BCUT2D eigenvalue weighted by Gasteiger charge is -2.21. The third-order valence-electron chi connectivity index (χ3n) is 3.96. The molecule has 27 heavy (non-hydrogen) atoms. The van der Waals surface area contributed by atoms with Crippen molar-refractivity contribution in [2.24, 2.45) is 0 Å². The van der Waals surface area contributed by atoms with Gasteiger partial charge in [-0.25, -0.2) is 0 Å². The van der Waals surface area contributed by atoms with Gasteiger partial charge in [0.2, 0.25) is 0 Å². The molecule has 0 N–H and O–H groups in total. The van der Waals surface area contributed by atoms with E-state index < -0.39 is 10.8 Å². The number of nitro benzene ring substituents is 1. The average Bonchev–Trinajstić information content (AvgIpc) is 2.67. The number of benzene rings is 2. The topological polar surface area (TPSA) is 91.1 Å². The standard InChI is InChI=1S/C18H17ClN2O6/c1-20(6-7-25-15-5-3-2-4-13(15)19)18(22)12-10-16-17(27-9-8-26-16)11-14(12)21(23)24/h2-5,10-11H,6-9H2,1H3. The molecule has 0 saturated heterocycles. The van der Waals surface area contributed by atoms with Crippen molar-refractivity contribution >= 4 is 23.2 Å². The summed E-state index contributed by atoms with van der Waals surface area (Å²) in [5, 5.41) is 11.8. The fraction of sp³-hybridized carbons (Fsp3) is 0.278. The number of nitro groups is 1. The predicted octanol–water partition coefficient (Wildman–Crippen LogP) is 3.17. The monoisotopic (exact) mass is 392 g/mol. The number of halogens is 1. The highest BCUT2D eigenvalue weighted by Crippen LogP contribution is 2.37. The van der Waals surface area contributed by atoms with Crippen molar-refractivity contribution in [1.29, 1.82) is 0 Å². The largest absolute Gasteiger partial charge is 0.490 e. The molecule has 8 nitrogen and oxygen atoms in total. The lowest BCUT2D eigenvalue weighted by atomic mass is 10.1. The maximum Gasteiger partial charge on any atom is 0.286 e. The van der Waals surface area contributed by atoms with Gasteiger partial charge >= 0.3 is 0 Å². The molecule has 0 unspecified atom stereocenters. The number of carbonyl (C=O) groups excluding carboxylic acids is 1. The number of para-hydroxylation sites is 1. The Morgan fingerprint density at radius 3 is 2.59 bits per heavy atom. The van der Waals surface area contributed by atoms with E-state index in [2.05, 4.69) is 0 Å². The van der Waals surface area contributed by atoms with Gasteiger partial charge in [-0.1, -0.05) is 23.7 Å². The van der Waals surface area contributed by atoms with Gasteiger partial charge in [-0.3, -0.25) is 14.9 Å². The predicted molar refractivity (Wildman–Crippen MR) is 98.0 cm³/mol. The molecular formula is C18H17ClN2O6. The van der Waals surface area contributed by atoms with E-state index >= 15 is 0 Å². The zero-order valence-electron chi connectivity index (χ0n) is 14.5. The smallest absolute Gasteiger partial charge is 0.286 e. The Morgan fingerprint density at radius 2 is 1.93 bits per heavy atom. The molecule has 0 aromatic heterocycles. The molecule has 0 aliphatic carbocycles. The van der Waals surface area contributed by atoms with Crippen LogP contribution in [0, 0.1) is 10.1 Å². The van der Waals surface area contributed by atoms with Gasteiger partial charge in [0.15, 0.2) is 11.5 Å². The van der Waals surface area contributed by atoms with Crippen LogP contribution < -0.4 is 14.2 Å². The first-order chi connectivity index (χ1) is 13.0. The summed E-state index contributed by atoms with van der Waals surface area (Å²) in [5.74, 6) is 0.567. The fourth-order valence-electron chi connectivity index (χ4n) is 2.56. The van der Waals surface area contributed by atoms with Crippen molar-refractivity contribution in [3.8, 4) is 17.2 Å². The van der Waals surface area contributed by atoms with Gasteiger partial charge < -0.3 is 19.1 Å². The first-order valence-electron chi connectivity index (χ1n) is 8.18. The molecule has 0 spiro atoms. The number of fused-ring (bicyclic) bond motifs is 1. The number of nitrogens with zero attached hydrogens (tertiary/aromatic N) is 2. The van der Waals surface area contributed by atoms with Crippen LogP contribution in [-0.2, 0) is 0 Å². The summed E-state index contributed by atoms with van der Waals surface area (Å²) in [4.78, 5) is 24.8. The average molecular weight is 393 g/mol. The summed E-state index contributed by atoms with van der Waals surface area (Å²) in [6.07, 6.45) is 0. The van der Waals surface area contributed by atoms with Crippen molar-refractivity contribution in [2.75, 3.05) is 33.4 Å². The first-order valence-corrected chi connectivity index (χ1v) is 8.56. The van der Waals surface area contributed by atoms with Crippen molar-refractivity contribution in [1.82, 2.24) is 4.90 Å². The Hall–Kier alpha value is -3.00. The van der Waals surface area contributed by atoms with E-state index in [0.717, 1.165) is 0 Å². The summed E-state index contributed by atoms with van der Waals surface area (Å²) < 4.78 is 16.3. The van der Waals surface area contributed by atoms with Crippen LogP contribution in [0.25, 0.3) is 0 Å². The quantitative estimate of drug-likeness (QED) is 0.554. The highest BCUT2D eigenvalue weighted by molar-refractivity contribution is 6.32. The summed E-state index contributed by atoms with van der Waals surface area (Å²) in [6, 6.07) is 9.55. The number of carbonyl (C=O) groups is 1. The fourth-order valence-corrected chi connectivity index (χ4v) is 2.75. The van der Waals surface area contributed by atoms with Crippen LogP contribution >= 0.6 is 11.6 Å². The van der Waals surface area contributed by atoms with Crippen LogP contribution in [0.15, 0.2) is 36.4 Å². The number of amides is 1. The van der Waals surface area contributed by atoms with Crippen molar-refractivity contribution < 1.29 is 23.9 Å². The summed E-state index contributed by atoms with van der Waals surface area (Å²) in [5.41, 5.74) is -0.396. The third-order valence-corrected chi connectivity index (χ3v) is 4.27. The summed E-state index contributed by atoms with van der Waals surface area (Å²) in [6.45, 7) is 1.02. The van der Waals surface area contributed by atoms with Gasteiger partial charge in [0.1, 0.15) is 31.1 Å². The first kappa shape index (κ1) is 18.8. The Balaban J connectivity index is 1.72. The Bertz CT molecular complexity index is 873. The molecule has 0 saturated carbocycles. The molecule has 0 atom stereocenters. The maximum atomic E-state index is 12.7. The van der Waals surface area contributed by atoms with Gasteiger partial charge in [-0.05, 0) is 12.1 Å². The minimum Gasteiger partial charge on any atom is -0.490 e. The molecule has 0 bridgehead atoms. The van der Waals surface area contributed by atoms with Crippen LogP contribution in [0.3, 0.4) is 0 Å². The van der Waals surface area contributed by atoms with Gasteiger partial charge in [-0.15, -0.1) is 0 Å². The Kier molecular flexibility index (Phi) is 5.66. The maximum absolute atomic E-state index is 12.7. The molecule has 142 valence electrons. The van der Waals surface area contributed by atoms with Crippen LogP contribution in [-0.4, -0.2) is 49.1 Å². The Labute approximate surface area is 160 Å². The van der Waals surface area contributed by atoms with Gasteiger partial charge in [0.05, 0.1) is 22.6 Å². The molecule has 3 rings (SSSR count). The lowest BCUT2D eigenvalue weighted by Crippen LogP contribution is -2.31. The number of ether oxygens (including phenoxy) is 3. The highest BCUT2D eigenvalue weighted by atomic mass is 35.5. The van der Waals surface area contributed by atoms with Crippen LogP contribution in [0.2, 0.25) is 5.02 Å². The molecule has 2 aromatic carbocycles. The number of hydrogen-bond acceptors (Lipinski definition) is 6. The normalized spacial score (nSPS) is 12.4. The minimum absolute atomic E-state index is 0.0653. The molecule has 2 aromatic rings. The molecule has 0 radical (unpaired) electrons. The lowest BCUT2D eigenvalue weighted by molar-refractivity contribution is -0.385. The number of likely N-dealkylation sites (N-methyl/N-ethyl adjacent to an activating group) is 1. The van der Waals surface area contributed by atoms with E-state index in [-0.39, 0.29) is 30.2 Å². The van der Waals surface area contributed by atoms with E-state index in [9.17, 15) is 14.9 Å². The SMILES string of the molecule is CN(CCOc1ccccc1Cl)C(=O)c1cc2c(cc1[N+](=O)[O-])OCCO2. The van der Waals surface area contributed by atoms with E-state index in [1.807, 2.05) is 0 Å². The second kappa shape index (κ2) is 8.13. The van der Waals surface area contributed by atoms with Crippen molar-refractivity contribution in [3.63, 3.8) is 0 Å². The molecule has 1 heterocycles. The van der Waals surface area contributed by atoms with Gasteiger partial charge in [0.25, 0.3) is 11.6 Å². The minimum atomic E-state index is -0.612. The molecule has 1 aliphatic rings. The van der Waals surface area contributed by atoms with Crippen molar-refractivity contribution in [2.45, 2.75) is 0 Å². The third kappa shape index (κ3) is 4.22. The van der Waals surface area contributed by atoms with Crippen LogP contribution in [0.5, 0.6) is 17.2 Å². The van der Waals surface area contributed by atoms with E-state index in [1.165, 1.54) is 17.0 Å². The van der Waals surface area contributed by atoms with Crippen molar-refractivity contribution in [3.05, 3.63) is 57.1 Å². The van der Waals surface area contributed by atoms with Crippen LogP contribution in [0.4, 0.5) is 5.69 Å². The van der Waals surface area contributed by atoms with E-state index in [0.29, 0.717) is 29.7 Å². The molecule has 1 amide bonds. The molecule has 9 heteroatoms. The number of hydrogen-bond donors (Lipinski definition) is 0.